The molecule has 23 heavy (non-hydrogen) atoms. The zero-order valence-electron chi connectivity index (χ0n) is 15.7. The summed E-state index contributed by atoms with van der Waals surface area (Å²) in [5.74, 6) is 0. The Balaban J connectivity index is 0. The van der Waals surface area contributed by atoms with Gasteiger partial charge in [-0.3, -0.25) is 12.2 Å². The van der Waals surface area contributed by atoms with Gasteiger partial charge in [-0.25, -0.2) is 23.3 Å². The predicted molar refractivity (Wildman–Crippen MR) is 101 cm³/mol. The molecule has 0 bridgehead atoms. The first-order valence-electron chi connectivity index (χ1n) is 8.14. The van der Waals surface area contributed by atoms with Crippen molar-refractivity contribution in [3.63, 3.8) is 0 Å². The van der Waals surface area contributed by atoms with Crippen molar-refractivity contribution < 1.29 is 23.3 Å². The molecule has 0 aliphatic heterocycles. The molecular weight excluding hydrogens is 372 g/mol. The van der Waals surface area contributed by atoms with Crippen LogP contribution in [0.5, 0.6) is 0 Å². The molecule has 0 N–H and O–H groups in total. The van der Waals surface area contributed by atoms with E-state index in [9.17, 15) is 0 Å². The van der Waals surface area contributed by atoms with Crippen LogP contribution in [-0.2, 0) is 23.3 Å². The first-order chi connectivity index (χ1) is 10.6. The number of hydrogen-bond acceptors (Lipinski definition) is 0. The van der Waals surface area contributed by atoms with Gasteiger partial charge in [0.15, 0.2) is 0 Å². The molecule has 2 heteroatoms. The van der Waals surface area contributed by atoms with E-state index in [4.69, 9.17) is 0 Å². The first kappa shape index (κ1) is 25.3. The van der Waals surface area contributed by atoms with Crippen LogP contribution in [0, 0.1) is 26.0 Å². The normalized spacial score (nSPS) is 18.0. The summed E-state index contributed by atoms with van der Waals surface area (Å²) in [6.45, 7) is 11.5. The summed E-state index contributed by atoms with van der Waals surface area (Å²) in [6, 6.07) is 0. The average Bonchev–Trinajstić information content (AvgIpc) is 3.11. The SMILES string of the molecule is CC1=[C-]CC(C)=C1.CC1=[C-]CC(C)=C1.[CH-]1CCCCC1.[CH3-].[Si]=[Zr]. The van der Waals surface area contributed by atoms with Gasteiger partial charge in [-0.15, -0.1) is 12.8 Å². The van der Waals surface area contributed by atoms with Crippen LogP contribution in [0.2, 0.25) is 0 Å². The van der Waals surface area contributed by atoms with Crippen LogP contribution >= 0.6 is 0 Å². The van der Waals surface area contributed by atoms with Crippen molar-refractivity contribution in [3.05, 3.63) is 60.4 Å². The summed E-state index contributed by atoms with van der Waals surface area (Å²) < 4.78 is 0. The Kier molecular flexibility index (Phi) is 18.6. The molecule has 3 rings (SSSR count). The third-order valence-electron chi connectivity index (χ3n) is 3.53. The van der Waals surface area contributed by atoms with Crippen molar-refractivity contribution in [2.24, 2.45) is 0 Å². The third kappa shape index (κ3) is 15.3. The molecule has 1 saturated carbocycles. The van der Waals surface area contributed by atoms with Crippen LogP contribution in [0.4, 0.5) is 0 Å². The van der Waals surface area contributed by atoms with Crippen molar-refractivity contribution in [1.82, 2.24) is 0 Å². The molecule has 2 radical (unpaired) electrons. The van der Waals surface area contributed by atoms with Gasteiger partial charge in [0.25, 0.3) is 0 Å². The molecule has 0 unspecified atom stereocenters. The topological polar surface area (TPSA) is 0 Å². The second-order valence-corrected chi connectivity index (χ2v) is 5.98. The van der Waals surface area contributed by atoms with Crippen molar-refractivity contribution in [3.8, 4) is 0 Å². The zero-order valence-corrected chi connectivity index (χ0v) is 19.1. The van der Waals surface area contributed by atoms with Crippen molar-refractivity contribution in [2.75, 3.05) is 0 Å². The Morgan fingerprint density at radius 1 is 0.826 bits per heavy atom. The Morgan fingerprint density at radius 3 is 1.30 bits per heavy atom. The molecular formula is C21H32SiZr-4. The van der Waals surface area contributed by atoms with E-state index in [1.165, 1.54) is 77.7 Å². The Bertz CT molecular complexity index is 378. The fourth-order valence-corrected chi connectivity index (χ4v) is 2.40. The standard InChI is InChI=1S/2C7H9.C6H11.CH3.Si.Zr/c2*1-6-3-4-7(2)5-6;1-2-4-6-5-3-1;;;/h2*5H,3H2,1-2H3;1H,2-6H2;1H3;;/q4*-1;;. The molecule has 0 aromatic heterocycles. The Morgan fingerprint density at radius 2 is 1.22 bits per heavy atom. The summed E-state index contributed by atoms with van der Waals surface area (Å²) in [6.07, 6.45) is 22.3. The van der Waals surface area contributed by atoms with E-state index in [0.717, 1.165) is 12.8 Å². The minimum atomic E-state index is 0. The van der Waals surface area contributed by atoms with E-state index in [2.05, 4.69) is 65.3 Å². The molecule has 3 aliphatic carbocycles. The maximum absolute atomic E-state index is 3.19. The predicted octanol–water partition coefficient (Wildman–Crippen LogP) is 6.39. The molecule has 128 valence electrons. The van der Waals surface area contributed by atoms with Gasteiger partial charge in [0.1, 0.15) is 0 Å². The monoisotopic (exact) mass is 402 g/mol. The molecule has 0 amide bonds. The quantitative estimate of drug-likeness (QED) is 0.324. The van der Waals surface area contributed by atoms with E-state index < -0.39 is 0 Å². The van der Waals surface area contributed by atoms with Gasteiger partial charge >= 0.3 is 30.2 Å². The molecule has 0 heterocycles. The number of allylic oxidation sites excluding steroid dienone is 8. The number of hydrogen-bond donors (Lipinski definition) is 0. The van der Waals surface area contributed by atoms with Crippen LogP contribution < -0.4 is 0 Å². The fraction of sp³-hybridized carbons (Fsp3) is 0.524. The molecule has 3 aliphatic rings. The number of rotatable bonds is 0. The average molecular weight is 404 g/mol. The van der Waals surface area contributed by atoms with Gasteiger partial charge < -0.3 is 13.8 Å². The van der Waals surface area contributed by atoms with Gasteiger partial charge in [0.05, 0.1) is 0 Å². The van der Waals surface area contributed by atoms with Crippen LogP contribution in [0.15, 0.2) is 34.4 Å². The van der Waals surface area contributed by atoms with E-state index in [1.807, 2.05) is 0 Å². The summed E-state index contributed by atoms with van der Waals surface area (Å²) in [7, 11) is 0. The van der Waals surface area contributed by atoms with Crippen molar-refractivity contribution in [2.45, 2.75) is 72.6 Å². The fourth-order valence-electron chi connectivity index (χ4n) is 2.40. The Labute approximate surface area is 162 Å². The van der Waals surface area contributed by atoms with Gasteiger partial charge in [-0.1, -0.05) is 47.0 Å². The van der Waals surface area contributed by atoms with Crippen molar-refractivity contribution >= 4 is 6.88 Å². The van der Waals surface area contributed by atoms with Gasteiger partial charge in [-0.05, 0) is 0 Å². The van der Waals surface area contributed by atoms with E-state index in [1.54, 1.807) is 0 Å². The minimum absolute atomic E-state index is 0. The molecule has 0 nitrogen and oxygen atoms in total. The van der Waals surface area contributed by atoms with E-state index in [0.29, 0.717) is 0 Å². The molecule has 0 atom stereocenters. The van der Waals surface area contributed by atoms with E-state index in [-0.39, 0.29) is 7.43 Å². The zero-order chi connectivity index (χ0) is 16.8. The summed E-state index contributed by atoms with van der Waals surface area (Å²) >= 11 is 1.36. The van der Waals surface area contributed by atoms with E-state index >= 15 is 0 Å². The molecule has 1 fully saturated rings. The molecule has 0 aromatic carbocycles. The molecule has 0 aromatic rings. The second-order valence-electron chi connectivity index (χ2n) is 5.98. The van der Waals surface area contributed by atoms with Crippen molar-refractivity contribution in [1.29, 1.82) is 0 Å². The molecule has 0 saturated heterocycles. The first-order valence-corrected chi connectivity index (χ1v) is 12.3. The van der Waals surface area contributed by atoms with Crippen LogP contribution in [0.25, 0.3) is 0 Å². The summed E-state index contributed by atoms with van der Waals surface area (Å²) in [4.78, 5) is 0. The second kappa shape index (κ2) is 16.9. The van der Waals surface area contributed by atoms with Gasteiger partial charge in [0.2, 0.25) is 0 Å². The van der Waals surface area contributed by atoms with Gasteiger partial charge in [0, 0.05) is 0 Å². The summed E-state index contributed by atoms with van der Waals surface area (Å²) in [5, 5.41) is 0. The third-order valence-corrected chi connectivity index (χ3v) is 3.53. The van der Waals surface area contributed by atoms with Crippen LogP contribution in [0.3, 0.4) is 0 Å². The summed E-state index contributed by atoms with van der Waals surface area (Å²) in [5.41, 5.74) is 5.44. The molecule has 0 spiro atoms. The van der Waals surface area contributed by atoms with Gasteiger partial charge in [-0.2, -0.15) is 24.0 Å². The van der Waals surface area contributed by atoms with Crippen LogP contribution in [0.1, 0.15) is 72.6 Å². The Hall–Kier alpha value is 0.0600. The maximum atomic E-state index is 3.19. The van der Waals surface area contributed by atoms with Crippen LogP contribution in [-0.4, -0.2) is 6.88 Å².